The first-order valence-electron chi connectivity index (χ1n) is 11.4. The maximum atomic E-state index is 13.4. The molecule has 36 heavy (non-hydrogen) atoms. The summed E-state index contributed by atoms with van der Waals surface area (Å²) in [5, 5.41) is 5.43. The van der Waals surface area contributed by atoms with Crippen molar-refractivity contribution >= 4 is 34.7 Å². The number of allylic oxidation sites excluding steroid dienone is 2. The van der Waals surface area contributed by atoms with Gasteiger partial charge in [-0.05, 0) is 32.1 Å². The van der Waals surface area contributed by atoms with Crippen LogP contribution in [-0.2, 0) is 16.1 Å². The molecule has 0 atom stereocenters. The molecule has 7 N–H and O–H groups in total. The van der Waals surface area contributed by atoms with Gasteiger partial charge in [0, 0.05) is 19.0 Å². The molecule has 1 aromatic heterocycles. The van der Waals surface area contributed by atoms with Gasteiger partial charge < -0.3 is 15.9 Å². The van der Waals surface area contributed by atoms with E-state index in [1.165, 1.54) is 21.5 Å². The number of ketones is 1. The Bertz CT molecular complexity index is 1260. The van der Waals surface area contributed by atoms with Gasteiger partial charge in [0.25, 0.3) is 0 Å². The van der Waals surface area contributed by atoms with Gasteiger partial charge >= 0.3 is 6.09 Å². The van der Waals surface area contributed by atoms with Gasteiger partial charge in [-0.3, -0.25) is 24.2 Å². The fourth-order valence-corrected chi connectivity index (χ4v) is 4.21. The first-order valence-corrected chi connectivity index (χ1v) is 11.4. The number of anilines is 2. The van der Waals surface area contributed by atoms with E-state index in [-0.39, 0.29) is 30.9 Å². The summed E-state index contributed by atoms with van der Waals surface area (Å²) in [4.78, 5) is 39.2. The van der Waals surface area contributed by atoms with E-state index in [1.807, 2.05) is 24.3 Å². The minimum absolute atomic E-state index is 0.0529. The molecule has 0 fully saturated rings. The van der Waals surface area contributed by atoms with Crippen LogP contribution in [0.5, 0.6) is 0 Å². The lowest BCUT2D eigenvalue weighted by atomic mass is 10.0. The Morgan fingerprint density at radius 1 is 1.14 bits per heavy atom. The van der Waals surface area contributed by atoms with Gasteiger partial charge in [0.15, 0.2) is 5.78 Å². The minimum atomic E-state index is -0.607. The quantitative estimate of drug-likeness (QED) is 0.272. The lowest BCUT2D eigenvalue weighted by Gasteiger charge is -2.28. The number of hydrogen-bond donors (Lipinski definition) is 4. The van der Waals surface area contributed by atoms with E-state index in [4.69, 9.17) is 22.3 Å². The number of nitrogen functional groups attached to an aromatic ring is 1. The monoisotopic (exact) mass is 494 g/mol. The Morgan fingerprint density at radius 3 is 2.47 bits per heavy atom. The van der Waals surface area contributed by atoms with Crippen molar-refractivity contribution in [2.24, 2.45) is 11.7 Å². The maximum absolute atomic E-state index is 13.4. The molecule has 0 radical (unpaired) electrons. The van der Waals surface area contributed by atoms with Crippen molar-refractivity contribution in [2.75, 3.05) is 23.9 Å². The zero-order valence-electron chi connectivity index (χ0n) is 20.4. The van der Waals surface area contributed by atoms with Crippen LogP contribution < -0.4 is 27.9 Å². The van der Waals surface area contributed by atoms with Crippen LogP contribution in [0.4, 0.5) is 16.2 Å². The summed E-state index contributed by atoms with van der Waals surface area (Å²) in [5.41, 5.74) is 2.78. The van der Waals surface area contributed by atoms with E-state index in [1.54, 1.807) is 32.1 Å². The third kappa shape index (κ3) is 4.51. The minimum Gasteiger partial charge on any atom is -0.447 e. The summed E-state index contributed by atoms with van der Waals surface area (Å²) in [6, 6.07) is 9.12. The van der Waals surface area contributed by atoms with Crippen molar-refractivity contribution in [3.05, 3.63) is 65.3 Å². The predicted molar refractivity (Wildman–Crippen MR) is 134 cm³/mol. The molecule has 2 amide bonds. The number of nitrogens with two attached hydrogens (primary N) is 3. The second-order valence-corrected chi connectivity index (χ2v) is 8.77. The van der Waals surface area contributed by atoms with E-state index in [9.17, 15) is 14.4 Å². The number of nitrogens with one attached hydrogen (secondary N) is 1. The lowest BCUT2D eigenvalue weighted by Crippen LogP contribution is -2.42. The Labute approximate surface area is 208 Å². The van der Waals surface area contributed by atoms with Crippen molar-refractivity contribution < 1.29 is 19.1 Å². The van der Waals surface area contributed by atoms with Gasteiger partial charge in [-0.25, -0.2) is 21.5 Å². The first kappa shape index (κ1) is 24.8. The Kier molecular flexibility index (Phi) is 6.73. The van der Waals surface area contributed by atoms with E-state index >= 15 is 0 Å². The number of hydrazine groups is 2. The topological polar surface area (TPSA) is 165 Å². The molecule has 12 heteroatoms. The number of carbonyl (C=O) groups is 3. The normalized spacial score (nSPS) is 15.1. The summed E-state index contributed by atoms with van der Waals surface area (Å²) in [6.07, 6.45) is 2.56. The van der Waals surface area contributed by atoms with Gasteiger partial charge in [-0.2, -0.15) is 0 Å². The Morgan fingerprint density at radius 2 is 1.83 bits per heavy atom. The molecular formula is C24H30N8O4. The summed E-state index contributed by atoms with van der Waals surface area (Å²) >= 11 is 0. The van der Waals surface area contributed by atoms with Crippen molar-refractivity contribution in [2.45, 2.75) is 33.4 Å². The van der Waals surface area contributed by atoms with Crippen LogP contribution in [0.25, 0.3) is 5.57 Å². The van der Waals surface area contributed by atoms with E-state index in [0.29, 0.717) is 46.3 Å². The highest BCUT2D eigenvalue weighted by Crippen LogP contribution is 2.40. The molecule has 190 valence electrons. The lowest BCUT2D eigenvalue weighted by molar-refractivity contribution is -0.127. The number of fused-ring (bicyclic) bond motifs is 1. The molecule has 4 rings (SSSR count). The first-order chi connectivity index (χ1) is 17.1. The number of carbonyl (C=O) groups excluding carboxylic acids is 3. The summed E-state index contributed by atoms with van der Waals surface area (Å²) in [6.45, 7) is 5.04. The molecule has 2 aromatic rings. The highest BCUT2D eigenvalue weighted by atomic mass is 16.6. The number of Topliss-reactive ketones (excluding diaryl/α,β-unsaturated/α-hetero) is 1. The number of para-hydroxylation sites is 1. The summed E-state index contributed by atoms with van der Waals surface area (Å²) in [5.74, 6) is 18.7. The molecule has 1 aromatic carbocycles. The average molecular weight is 495 g/mol. The molecule has 12 nitrogen and oxygen atoms in total. The van der Waals surface area contributed by atoms with E-state index < -0.39 is 6.09 Å². The number of ether oxygens (including phenoxy) is 1. The van der Waals surface area contributed by atoms with E-state index in [0.717, 1.165) is 5.01 Å². The fraction of sp³-hybridized carbons (Fsp3) is 0.292. The molecule has 0 spiro atoms. The van der Waals surface area contributed by atoms with Gasteiger partial charge in [0.1, 0.15) is 5.82 Å². The van der Waals surface area contributed by atoms with Crippen LogP contribution in [-0.4, -0.2) is 51.6 Å². The zero-order valence-corrected chi connectivity index (χ0v) is 20.4. The van der Waals surface area contributed by atoms with Gasteiger partial charge in [0.2, 0.25) is 5.91 Å². The van der Waals surface area contributed by atoms with Crippen LogP contribution >= 0.6 is 0 Å². The second kappa shape index (κ2) is 9.76. The smallest absolute Gasteiger partial charge is 0.410 e. The molecule has 0 aliphatic carbocycles. The molecule has 2 aliphatic rings. The van der Waals surface area contributed by atoms with Crippen molar-refractivity contribution in [3.8, 4) is 0 Å². The predicted octanol–water partition coefficient (Wildman–Crippen LogP) is 1.31. The standard InChI is InChI=1S/C24H30N8O4/c1-14(2)36-24(35)29-12-18-21(19(34)13-29)23(31(26)17-7-5-4-6-8-17)22(32(18)27)16-9-10-28-20(11-16)30(25)15(3)33/h4-9,11,14,28H,10,12-13,25-27H2,1-3H3. The van der Waals surface area contributed by atoms with E-state index in [2.05, 4.69) is 5.32 Å². The number of rotatable bonds is 5. The van der Waals surface area contributed by atoms with Crippen LogP contribution in [0.1, 0.15) is 42.5 Å². The summed E-state index contributed by atoms with van der Waals surface area (Å²) in [7, 11) is 0. The van der Waals surface area contributed by atoms with Crippen LogP contribution in [0.3, 0.4) is 0 Å². The molecule has 0 saturated carbocycles. The number of hydrogen-bond acceptors (Lipinski definition) is 9. The number of aromatic nitrogens is 1. The highest BCUT2D eigenvalue weighted by Gasteiger charge is 2.38. The maximum Gasteiger partial charge on any atom is 0.410 e. The molecule has 2 aliphatic heterocycles. The third-order valence-electron chi connectivity index (χ3n) is 5.87. The Hall–Kier alpha value is -4.29. The number of dihydropyridines is 1. The summed E-state index contributed by atoms with van der Waals surface area (Å²) < 4.78 is 6.66. The number of benzene rings is 1. The zero-order chi connectivity index (χ0) is 26.1. The third-order valence-corrected chi connectivity index (χ3v) is 5.87. The highest BCUT2D eigenvalue weighted by molar-refractivity contribution is 6.09. The Balaban J connectivity index is 1.88. The average Bonchev–Trinajstić information content (AvgIpc) is 3.16. The molecular weight excluding hydrogens is 464 g/mol. The van der Waals surface area contributed by atoms with Crippen LogP contribution in [0.2, 0.25) is 0 Å². The van der Waals surface area contributed by atoms with Crippen LogP contribution in [0, 0.1) is 0 Å². The number of amides is 2. The fourth-order valence-electron chi connectivity index (χ4n) is 4.21. The molecule has 0 unspecified atom stereocenters. The van der Waals surface area contributed by atoms with Crippen LogP contribution in [0.15, 0.2) is 48.3 Å². The SMILES string of the molecule is CC(=O)N(N)C1=CC(c2c(N(N)c3ccccc3)c3c(n2N)CN(C(=O)OC(C)C)CC3=O)=CCN1. The molecule has 3 heterocycles. The van der Waals surface area contributed by atoms with Gasteiger partial charge in [-0.1, -0.05) is 24.3 Å². The molecule has 0 saturated heterocycles. The largest absolute Gasteiger partial charge is 0.447 e. The molecule has 0 bridgehead atoms. The second-order valence-electron chi connectivity index (χ2n) is 8.77. The van der Waals surface area contributed by atoms with Gasteiger partial charge in [0.05, 0.1) is 47.5 Å². The van der Waals surface area contributed by atoms with Crippen molar-refractivity contribution in [1.29, 1.82) is 0 Å². The van der Waals surface area contributed by atoms with Crippen molar-refractivity contribution in [3.63, 3.8) is 0 Å². The van der Waals surface area contributed by atoms with Gasteiger partial charge in [-0.15, -0.1) is 0 Å². The van der Waals surface area contributed by atoms with Crippen molar-refractivity contribution in [1.82, 2.24) is 19.9 Å². The number of nitrogens with zero attached hydrogens (tertiary/aromatic N) is 4.